The van der Waals surface area contributed by atoms with Gasteiger partial charge in [0.25, 0.3) is 0 Å². The predicted molar refractivity (Wildman–Crippen MR) is 175 cm³/mol. The highest BCUT2D eigenvalue weighted by Crippen LogP contribution is 2.38. The van der Waals surface area contributed by atoms with Gasteiger partial charge >= 0.3 is 12.7 Å². The fourth-order valence-electron chi connectivity index (χ4n) is 5.25. The van der Waals surface area contributed by atoms with Crippen molar-refractivity contribution in [2.24, 2.45) is 0 Å². The topological polar surface area (TPSA) is 102 Å². The smallest absolute Gasteiger partial charge is 0.425 e. The molecular formula is C34H38F2N6O5. The molecule has 2 heterocycles. The first kappa shape index (κ1) is 33.4. The summed E-state index contributed by atoms with van der Waals surface area (Å²) in [6.45, 7) is 5.99. The number of carbonyl (C=O) groups excluding carboxylic acids is 1. The minimum atomic E-state index is -3.09. The van der Waals surface area contributed by atoms with Crippen LogP contribution in [0.5, 0.6) is 23.1 Å². The first-order chi connectivity index (χ1) is 22.7. The van der Waals surface area contributed by atoms with E-state index in [1.807, 2.05) is 32.0 Å². The van der Waals surface area contributed by atoms with Crippen molar-refractivity contribution in [2.45, 2.75) is 20.5 Å². The molecule has 47 heavy (non-hydrogen) atoms. The van der Waals surface area contributed by atoms with Crippen LogP contribution in [-0.2, 0) is 0 Å². The van der Waals surface area contributed by atoms with Gasteiger partial charge in [0.05, 0.1) is 18.5 Å². The second kappa shape index (κ2) is 15.5. The van der Waals surface area contributed by atoms with E-state index in [9.17, 15) is 13.6 Å². The zero-order valence-electron chi connectivity index (χ0n) is 26.8. The molecule has 0 saturated carbocycles. The van der Waals surface area contributed by atoms with Crippen LogP contribution in [0.4, 0.5) is 36.6 Å². The Bertz CT molecular complexity index is 1650. The number of alkyl halides is 2. The Kier molecular flexibility index (Phi) is 11.0. The Balaban J connectivity index is 1.31. The Morgan fingerprint density at radius 2 is 1.70 bits per heavy atom. The Morgan fingerprint density at radius 1 is 0.957 bits per heavy atom. The van der Waals surface area contributed by atoms with E-state index < -0.39 is 12.7 Å². The van der Waals surface area contributed by atoms with Crippen LogP contribution < -0.4 is 29.2 Å². The number of aryl methyl sites for hydroxylation is 2. The lowest BCUT2D eigenvalue weighted by Gasteiger charge is -2.32. The van der Waals surface area contributed by atoms with Crippen LogP contribution in [0.3, 0.4) is 0 Å². The van der Waals surface area contributed by atoms with E-state index >= 15 is 0 Å². The number of benzene rings is 3. The van der Waals surface area contributed by atoms with Gasteiger partial charge in [0, 0.05) is 56.7 Å². The average molecular weight is 649 g/mol. The number of hydrogen-bond acceptors (Lipinski definition) is 10. The molecule has 13 heteroatoms. The lowest BCUT2D eigenvalue weighted by Crippen LogP contribution is -2.45. The number of nitrogens with one attached hydrogen (secondary N) is 1. The van der Waals surface area contributed by atoms with Gasteiger partial charge in [0.2, 0.25) is 11.8 Å². The summed E-state index contributed by atoms with van der Waals surface area (Å²) in [7, 11) is 3.69. The fourth-order valence-corrected chi connectivity index (χ4v) is 5.25. The molecule has 3 aromatic carbocycles. The van der Waals surface area contributed by atoms with Crippen LogP contribution in [0.15, 0.2) is 72.9 Å². The predicted octanol–water partition coefficient (Wildman–Crippen LogP) is 6.41. The third-order valence-corrected chi connectivity index (χ3v) is 7.67. The minimum absolute atomic E-state index is 0.0631. The normalized spacial score (nSPS) is 13.7. The molecule has 0 radical (unpaired) electrons. The van der Waals surface area contributed by atoms with Gasteiger partial charge in [-0.25, -0.2) is 14.7 Å². The maximum absolute atomic E-state index is 13.8. The van der Waals surface area contributed by atoms with Crippen molar-refractivity contribution in [3.63, 3.8) is 0 Å². The highest BCUT2D eigenvalue weighted by molar-refractivity contribution is 6.00. The van der Waals surface area contributed by atoms with E-state index in [1.165, 1.54) is 29.3 Å². The first-order valence-corrected chi connectivity index (χ1v) is 15.2. The van der Waals surface area contributed by atoms with Crippen LogP contribution in [-0.4, -0.2) is 86.0 Å². The molecule has 0 bridgehead atoms. The number of para-hydroxylation sites is 3. The molecule has 248 valence electrons. The van der Waals surface area contributed by atoms with Crippen LogP contribution in [0.2, 0.25) is 0 Å². The van der Waals surface area contributed by atoms with E-state index in [0.29, 0.717) is 29.5 Å². The van der Waals surface area contributed by atoms with Gasteiger partial charge in [0.1, 0.15) is 12.4 Å². The average Bonchev–Trinajstić information content (AvgIpc) is 3.04. The SMILES string of the molecule is COc1cc(Nc2nccc(OC(=O)N(c3ccccc3OC(F)F)c3c(C)cccc3C)n2)ccc1OCCN1CCN(C)CC1. The molecule has 1 aromatic heterocycles. The van der Waals surface area contributed by atoms with Gasteiger partial charge in [-0.3, -0.25) is 4.90 Å². The number of aromatic nitrogens is 2. The molecule has 1 aliphatic heterocycles. The molecular weight excluding hydrogens is 610 g/mol. The van der Waals surface area contributed by atoms with Crippen molar-refractivity contribution in [1.29, 1.82) is 0 Å². The molecule has 5 rings (SSSR count). The van der Waals surface area contributed by atoms with Crippen molar-refractivity contribution >= 4 is 29.1 Å². The van der Waals surface area contributed by atoms with Gasteiger partial charge in [0.15, 0.2) is 11.5 Å². The summed E-state index contributed by atoms with van der Waals surface area (Å²) in [6.07, 6.45) is 0.555. The number of likely N-dealkylation sites (N-methyl/N-ethyl adjacent to an activating group) is 1. The summed E-state index contributed by atoms with van der Waals surface area (Å²) in [5, 5.41) is 3.09. The minimum Gasteiger partial charge on any atom is -0.493 e. The van der Waals surface area contributed by atoms with E-state index in [0.717, 1.165) is 43.9 Å². The zero-order chi connectivity index (χ0) is 33.3. The molecule has 1 amide bonds. The molecule has 0 aliphatic carbocycles. The molecule has 0 unspecified atom stereocenters. The Hall–Kier alpha value is -5.01. The van der Waals surface area contributed by atoms with Gasteiger partial charge in [-0.05, 0) is 56.3 Å². The quantitative estimate of drug-likeness (QED) is 0.186. The van der Waals surface area contributed by atoms with Crippen LogP contribution >= 0.6 is 0 Å². The maximum Gasteiger partial charge on any atom is 0.425 e. The molecule has 1 N–H and O–H groups in total. The molecule has 1 saturated heterocycles. The Labute approximate surface area is 272 Å². The summed E-state index contributed by atoms with van der Waals surface area (Å²) in [4.78, 5) is 28.3. The maximum atomic E-state index is 13.8. The number of ether oxygens (including phenoxy) is 4. The van der Waals surface area contributed by atoms with Gasteiger partial charge in [-0.2, -0.15) is 13.8 Å². The van der Waals surface area contributed by atoms with Crippen molar-refractivity contribution in [3.05, 3.63) is 84.1 Å². The number of piperazine rings is 1. The van der Waals surface area contributed by atoms with Crippen molar-refractivity contribution in [3.8, 4) is 23.1 Å². The number of carbonyl (C=O) groups is 1. The molecule has 0 spiro atoms. The first-order valence-electron chi connectivity index (χ1n) is 15.2. The molecule has 11 nitrogen and oxygen atoms in total. The third kappa shape index (κ3) is 8.63. The number of rotatable bonds is 12. The number of amides is 1. The van der Waals surface area contributed by atoms with E-state index in [2.05, 4.69) is 32.1 Å². The zero-order valence-corrected chi connectivity index (χ0v) is 26.8. The van der Waals surface area contributed by atoms with Crippen molar-refractivity contribution < 1.29 is 32.5 Å². The lowest BCUT2D eigenvalue weighted by atomic mass is 10.1. The second-order valence-electron chi connectivity index (χ2n) is 11.0. The summed E-state index contributed by atoms with van der Waals surface area (Å²) in [5.74, 6) is 1.05. The van der Waals surface area contributed by atoms with Gasteiger partial charge in [-0.1, -0.05) is 30.3 Å². The summed E-state index contributed by atoms with van der Waals surface area (Å²) >= 11 is 0. The van der Waals surface area contributed by atoms with Crippen molar-refractivity contribution in [2.75, 3.05) is 63.7 Å². The van der Waals surface area contributed by atoms with E-state index in [1.54, 1.807) is 37.4 Å². The standard InChI is InChI=1S/C34H38F2N6O5/c1-23-8-7-9-24(2)31(23)42(26-10-5-6-11-27(26)46-32(35)36)34(43)47-30-14-15-37-33(39-30)38-25-12-13-28(29(22-25)44-4)45-21-20-41-18-16-40(3)17-19-41/h5-15,22,32H,16-21H2,1-4H3,(H,37,38,39). The highest BCUT2D eigenvalue weighted by atomic mass is 19.3. The monoisotopic (exact) mass is 648 g/mol. The van der Waals surface area contributed by atoms with Crippen LogP contribution in [0, 0.1) is 13.8 Å². The number of methoxy groups -OCH3 is 1. The number of hydrogen-bond donors (Lipinski definition) is 1. The largest absolute Gasteiger partial charge is 0.493 e. The van der Waals surface area contributed by atoms with E-state index in [4.69, 9.17) is 18.9 Å². The molecule has 4 aromatic rings. The lowest BCUT2D eigenvalue weighted by molar-refractivity contribution is -0.0494. The summed E-state index contributed by atoms with van der Waals surface area (Å²) in [6, 6.07) is 18.3. The van der Waals surface area contributed by atoms with Crippen molar-refractivity contribution in [1.82, 2.24) is 19.8 Å². The second-order valence-corrected chi connectivity index (χ2v) is 11.0. The number of anilines is 4. The van der Waals surface area contributed by atoms with Crippen LogP contribution in [0.25, 0.3) is 0 Å². The van der Waals surface area contributed by atoms with Gasteiger partial charge < -0.3 is 29.2 Å². The Morgan fingerprint density at radius 3 is 2.43 bits per heavy atom. The van der Waals surface area contributed by atoms with E-state index in [-0.39, 0.29) is 23.3 Å². The van der Waals surface area contributed by atoms with Crippen LogP contribution in [0.1, 0.15) is 11.1 Å². The summed E-state index contributed by atoms with van der Waals surface area (Å²) in [5.41, 5.74) is 2.61. The highest BCUT2D eigenvalue weighted by Gasteiger charge is 2.28. The molecule has 0 atom stereocenters. The number of nitrogens with zero attached hydrogens (tertiary/aromatic N) is 5. The summed E-state index contributed by atoms with van der Waals surface area (Å²) < 4.78 is 48.6. The van der Waals surface area contributed by atoms with Gasteiger partial charge in [-0.15, -0.1) is 0 Å². The molecule has 1 aliphatic rings. The number of halogens is 2. The fraction of sp³-hybridized carbons (Fsp3) is 0.324. The third-order valence-electron chi connectivity index (χ3n) is 7.67. The molecule has 1 fully saturated rings.